The van der Waals surface area contributed by atoms with Crippen LogP contribution in [0.1, 0.15) is 21.8 Å². The molecule has 0 aliphatic rings. The second kappa shape index (κ2) is 6.96. The van der Waals surface area contributed by atoms with Gasteiger partial charge < -0.3 is 9.15 Å². The fourth-order valence-corrected chi connectivity index (χ4v) is 2.31. The maximum Gasteiger partial charge on any atom is 0.338 e. The topological polar surface area (TPSA) is 95.5 Å². The molecule has 25 heavy (non-hydrogen) atoms. The Bertz CT molecular complexity index is 918. The first-order valence-corrected chi connectivity index (χ1v) is 7.47. The van der Waals surface area contributed by atoms with E-state index in [0.29, 0.717) is 11.3 Å². The molecule has 0 saturated carbocycles. The molecule has 3 aromatic rings. The van der Waals surface area contributed by atoms with Crippen LogP contribution in [0.4, 0.5) is 5.69 Å². The molecule has 0 aliphatic carbocycles. The molecule has 0 fully saturated rings. The number of nitro benzene ring substituents is 1. The van der Waals surface area contributed by atoms with E-state index in [-0.39, 0.29) is 23.7 Å². The predicted octanol–water partition coefficient (Wildman–Crippen LogP) is 3.92. The lowest BCUT2D eigenvalue weighted by Gasteiger charge is -2.04. The molecule has 7 heteroatoms. The number of hydrogen-bond donors (Lipinski definition) is 0. The van der Waals surface area contributed by atoms with Crippen molar-refractivity contribution in [3.05, 3.63) is 81.9 Å². The van der Waals surface area contributed by atoms with Crippen molar-refractivity contribution in [2.45, 2.75) is 13.5 Å². The maximum absolute atomic E-state index is 12.1. The zero-order valence-corrected chi connectivity index (χ0v) is 13.3. The van der Waals surface area contributed by atoms with Crippen molar-refractivity contribution in [2.24, 2.45) is 0 Å². The summed E-state index contributed by atoms with van der Waals surface area (Å²) in [4.78, 5) is 26.5. The first-order chi connectivity index (χ1) is 12.0. The van der Waals surface area contributed by atoms with Crippen LogP contribution in [-0.2, 0) is 11.3 Å². The summed E-state index contributed by atoms with van der Waals surface area (Å²) < 4.78 is 10.7. The van der Waals surface area contributed by atoms with Crippen LogP contribution in [0.25, 0.3) is 11.3 Å². The number of oxazole rings is 1. The summed E-state index contributed by atoms with van der Waals surface area (Å²) >= 11 is 0. The second-order valence-electron chi connectivity index (χ2n) is 5.32. The van der Waals surface area contributed by atoms with Crippen molar-refractivity contribution >= 4 is 11.7 Å². The highest BCUT2D eigenvalue weighted by Gasteiger charge is 2.15. The minimum atomic E-state index is -0.600. The molecule has 1 aromatic heterocycles. The molecule has 0 amide bonds. The number of nitro groups is 1. The molecule has 1 heterocycles. The SMILES string of the molecule is Cc1cc(C(=O)OCc2ncc(-c3ccccc3)o2)ccc1[N+](=O)[O-]. The van der Waals surface area contributed by atoms with Crippen molar-refractivity contribution in [1.82, 2.24) is 4.98 Å². The summed E-state index contributed by atoms with van der Waals surface area (Å²) in [7, 11) is 0. The van der Waals surface area contributed by atoms with Gasteiger partial charge in [-0.3, -0.25) is 10.1 Å². The second-order valence-corrected chi connectivity index (χ2v) is 5.32. The summed E-state index contributed by atoms with van der Waals surface area (Å²) in [6.07, 6.45) is 1.56. The third kappa shape index (κ3) is 3.72. The van der Waals surface area contributed by atoms with Gasteiger partial charge in [-0.2, -0.15) is 0 Å². The fourth-order valence-electron chi connectivity index (χ4n) is 2.31. The van der Waals surface area contributed by atoms with Gasteiger partial charge in [0.2, 0.25) is 5.89 Å². The molecule has 0 N–H and O–H groups in total. The molecule has 2 aromatic carbocycles. The van der Waals surface area contributed by atoms with Gasteiger partial charge in [-0.1, -0.05) is 30.3 Å². The molecule has 0 unspecified atom stereocenters. The van der Waals surface area contributed by atoms with Gasteiger partial charge >= 0.3 is 5.97 Å². The van der Waals surface area contributed by atoms with Crippen LogP contribution in [-0.4, -0.2) is 15.9 Å². The lowest BCUT2D eigenvalue weighted by Crippen LogP contribution is -2.06. The predicted molar refractivity (Wildman–Crippen MR) is 88.9 cm³/mol. The van der Waals surface area contributed by atoms with E-state index in [4.69, 9.17) is 9.15 Å². The van der Waals surface area contributed by atoms with Gasteiger partial charge in [-0.15, -0.1) is 0 Å². The van der Waals surface area contributed by atoms with Crippen LogP contribution in [0.2, 0.25) is 0 Å². The number of ether oxygens (including phenoxy) is 1. The van der Waals surface area contributed by atoms with E-state index in [1.165, 1.54) is 18.2 Å². The van der Waals surface area contributed by atoms with Gasteiger partial charge in [0, 0.05) is 17.2 Å². The van der Waals surface area contributed by atoms with Gasteiger partial charge in [0.25, 0.3) is 5.69 Å². The third-order valence-electron chi connectivity index (χ3n) is 3.57. The lowest BCUT2D eigenvalue weighted by atomic mass is 10.1. The number of benzene rings is 2. The quantitative estimate of drug-likeness (QED) is 0.397. The van der Waals surface area contributed by atoms with Crippen molar-refractivity contribution in [3.8, 4) is 11.3 Å². The molecular weight excluding hydrogens is 324 g/mol. The van der Waals surface area contributed by atoms with Gasteiger partial charge in [0.15, 0.2) is 12.4 Å². The van der Waals surface area contributed by atoms with Gasteiger partial charge in [-0.25, -0.2) is 9.78 Å². The number of nitrogens with zero attached hydrogens (tertiary/aromatic N) is 2. The first kappa shape index (κ1) is 16.4. The summed E-state index contributed by atoms with van der Waals surface area (Å²) in [6, 6.07) is 13.5. The smallest absolute Gasteiger partial charge is 0.338 e. The zero-order valence-electron chi connectivity index (χ0n) is 13.3. The average Bonchev–Trinajstić information content (AvgIpc) is 3.09. The largest absolute Gasteiger partial charge is 0.452 e. The Labute approximate surface area is 143 Å². The molecule has 0 aliphatic heterocycles. The van der Waals surface area contributed by atoms with Crippen LogP contribution in [0.3, 0.4) is 0 Å². The van der Waals surface area contributed by atoms with Crippen LogP contribution >= 0.6 is 0 Å². The molecule has 0 bridgehead atoms. The summed E-state index contributed by atoms with van der Waals surface area (Å²) in [5, 5.41) is 10.8. The van der Waals surface area contributed by atoms with E-state index in [1.807, 2.05) is 30.3 Å². The Morgan fingerprint density at radius 2 is 2.00 bits per heavy atom. The minimum absolute atomic E-state index is 0.0447. The average molecular weight is 338 g/mol. The standard InChI is InChI=1S/C18H14N2O5/c1-12-9-14(7-8-15(12)20(22)23)18(21)24-11-17-19-10-16(25-17)13-5-3-2-4-6-13/h2-10H,11H2,1H3. The van der Waals surface area contributed by atoms with E-state index in [9.17, 15) is 14.9 Å². The molecule has 0 atom stereocenters. The number of esters is 1. The number of aromatic nitrogens is 1. The lowest BCUT2D eigenvalue weighted by molar-refractivity contribution is -0.385. The van der Waals surface area contributed by atoms with Crippen molar-refractivity contribution < 1.29 is 18.9 Å². The Morgan fingerprint density at radius 1 is 1.24 bits per heavy atom. The highest BCUT2D eigenvalue weighted by Crippen LogP contribution is 2.21. The van der Waals surface area contributed by atoms with Crippen molar-refractivity contribution in [2.75, 3.05) is 0 Å². The van der Waals surface area contributed by atoms with Gasteiger partial charge in [-0.05, 0) is 19.1 Å². The van der Waals surface area contributed by atoms with Crippen molar-refractivity contribution in [3.63, 3.8) is 0 Å². The number of carbonyl (C=O) groups excluding carboxylic acids is 1. The molecular formula is C18H14N2O5. The minimum Gasteiger partial charge on any atom is -0.452 e. The van der Waals surface area contributed by atoms with Gasteiger partial charge in [0.1, 0.15) is 0 Å². The Balaban J connectivity index is 1.66. The summed E-state index contributed by atoms with van der Waals surface area (Å²) in [6.45, 7) is 1.44. The molecule has 0 radical (unpaired) electrons. The number of rotatable bonds is 5. The van der Waals surface area contributed by atoms with Gasteiger partial charge in [0.05, 0.1) is 16.7 Å². The van der Waals surface area contributed by atoms with E-state index in [2.05, 4.69) is 4.98 Å². The third-order valence-corrected chi connectivity index (χ3v) is 3.57. The number of hydrogen-bond acceptors (Lipinski definition) is 6. The van der Waals surface area contributed by atoms with E-state index in [1.54, 1.807) is 13.1 Å². The van der Waals surface area contributed by atoms with E-state index < -0.39 is 10.9 Å². The Hall–Kier alpha value is -3.48. The molecule has 0 spiro atoms. The normalized spacial score (nSPS) is 10.4. The summed E-state index contributed by atoms with van der Waals surface area (Å²) in [5.41, 5.74) is 1.45. The molecule has 0 saturated heterocycles. The zero-order chi connectivity index (χ0) is 17.8. The van der Waals surface area contributed by atoms with Crippen LogP contribution in [0.5, 0.6) is 0 Å². The Morgan fingerprint density at radius 3 is 2.68 bits per heavy atom. The number of carbonyl (C=O) groups is 1. The highest BCUT2D eigenvalue weighted by atomic mass is 16.6. The van der Waals surface area contributed by atoms with Crippen LogP contribution in [0, 0.1) is 17.0 Å². The van der Waals surface area contributed by atoms with Crippen LogP contribution < -0.4 is 0 Å². The molecule has 126 valence electrons. The maximum atomic E-state index is 12.1. The van der Waals surface area contributed by atoms with Crippen LogP contribution in [0.15, 0.2) is 59.1 Å². The number of aryl methyl sites for hydroxylation is 1. The van der Waals surface area contributed by atoms with E-state index >= 15 is 0 Å². The first-order valence-electron chi connectivity index (χ1n) is 7.47. The fraction of sp³-hybridized carbons (Fsp3) is 0.111. The Kier molecular flexibility index (Phi) is 4.56. The molecule has 3 rings (SSSR count). The summed E-state index contributed by atoms with van der Waals surface area (Å²) in [5.74, 6) is 0.251. The highest BCUT2D eigenvalue weighted by molar-refractivity contribution is 5.90. The van der Waals surface area contributed by atoms with Crippen molar-refractivity contribution in [1.29, 1.82) is 0 Å². The monoisotopic (exact) mass is 338 g/mol. The van der Waals surface area contributed by atoms with E-state index in [0.717, 1.165) is 5.56 Å². The molecule has 7 nitrogen and oxygen atoms in total.